The Morgan fingerprint density at radius 1 is 1.35 bits per heavy atom. The van der Waals surface area contributed by atoms with E-state index in [2.05, 4.69) is 18.3 Å². The highest BCUT2D eigenvalue weighted by atomic mass is 35.5. The molecule has 1 N–H and O–H groups in total. The fourth-order valence-electron chi connectivity index (χ4n) is 1.86. The lowest BCUT2D eigenvalue weighted by Crippen LogP contribution is -2.22. The second-order valence-corrected chi connectivity index (χ2v) is 4.57. The molecule has 96 valence electrons. The Labute approximate surface area is 109 Å². The van der Waals surface area contributed by atoms with Gasteiger partial charge < -0.3 is 10.1 Å². The summed E-state index contributed by atoms with van der Waals surface area (Å²) in [5, 5.41) is 3.47. The van der Waals surface area contributed by atoms with Crippen molar-refractivity contribution >= 4 is 11.6 Å². The van der Waals surface area contributed by atoms with Crippen molar-refractivity contribution in [3.63, 3.8) is 0 Å². The molecular formula is C14H22ClNO. The number of hydrogen-bond donors (Lipinski definition) is 1. The fourth-order valence-corrected chi connectivity index (χ4v) is 2.17. The normalized spacial score (nSPS) is 12.4. The smallest absolute Gasteiger partial charge is 0.123 e. The predicted octanol–water partition coefficient (Wildman–Crippen LogP) is 3.44. The Morgan fingerprint density at radius 3 is 2.76 bits per heavy atom. The lowest BCUT2D eigenvalue weighted by molar-refractivity contribution is 0.403. The van der Waals surface area contributed by atoms with Gasteiger partial charge >= 0.3 is 0 Å². The van der Waals surface area contributed by atoms with Crippen LogP contribution in [-0.2, 0) is 6.54 Å². The summed E-state index contributed by atoms with van der Waals surface area (Å²) in [5.41, 5.74) is 1.20. The second-order valence-electron chi connectivity index (χ2n) is 4.19. The van der Waals surface area contributed by atoms with Crippen molar-refractivity contribution in [1.82, 2.24) is 5.32 Å². The Morgan fingerprint density at radius 2 is 2.12 bits per heavy atom. The van der Waals surface area contributed by atoms with E-state index in [1.807, 2.05) is 18.2 Å². The Balaban J connectivity index is 2.39. The molecule has 0 bridgehead atoms. The zero-order chi connectivity index (χ0) is 12.5. The molecule has 1 aromatic rings. The maximum Gasteiger partial charge on any atom is 0.123 e. The Kier molecular flexibility index (Phi) is 7.06. The molecule has 1 atom stereocenters. The minimum absolute atomic E-state index is 0.669. The molecule has 0 saturated heterocycles. The first-order valence-corrected chi connectivity index (χ1v) is 6.73. The molecule has 2 nitrogen and oxygen atoms in total. The molecule has 0 saturated carbocycles. The highest BCUT2D eigenvalue weighted by Gasteiger charge is 2.06. The van der Waals surface area contributed by atoms with Gasteiger partial charge in [-0.2, -0.15) is 0 Å². The second kappa shape index (κ2) is 8.37. The van der Waals surface area contributed by atoms with Crippen LogP contribution in [0.2, 0.25) is 0 Å². The molecule has 1 rings (SSSR count). The predicted molar refractivity (Wildman–Crippen MR) is 73.8 cm³/mol. The number of ether oxygens (including phenoxy) is 1. The zero-order valence-corrected chi connectivity index (χ0v) is 11.5. The zero-order valence-electron chi connectivity index (χ0n) is 10.7. The third kappa shape index (κ3) is 4.97. The van der Waals surface area contributed by atoms with Gasteiger partial charge in [-0.05, 0) is 24.9 Å². The van der Waals surface area contributed by atoms with E-state index in [9.17, 15) is 0 Å². The third-order valence-electron chi connectivity index (χ3n) is 3.04. The fraction of sp³-hybridized carbons (Fsp3) is 0.571. The molecular weight excluding hydrogens is 234 g/mol. The maximum absolute atomic E-state index is 5.77. The van der Waals surface area contributed by atoms with Crippen LogP contribution in [0.4, 0.5) is 0 Å². The first kappa shape index (κ1) is 14.3. The molecule has 0 heterocycles. The van der Waals surface area contributed by atoms with Crippen LogP contribution < -0.4 is 10.1 Å². The van der Waals surface area contributed by atoms with Crippen LogP contribution in [-0.4, -0.2) is 19.5 Å². The third-order valence-corrected chi connectivity index (χ3v) is 3.25. The molecule has 3 heteroatoms. The van der Waals surface area contributed by atoms with Gasteiger partial charge in [0.2, 0.25) is 0 Å². The minimum Gasteiger partial charge on any atom is -0.496 e. The number of hydrogen-bond acceptors (Lipinski definition) is 2. The first-order valence-electron chi connectivity index (χ1n) is 6.20. The summed E-state index contributed by atoms with van der Waals surface area (Å²) in [4.78, 5) is 0. The SMILES string of the molecule is CCC(CCCl)CNCc1ccccc1OC. The van der Waals surface area contributed by atoms with Gasteiger partial charge in [-0.1, -0.05) is 31.5 Å². The topological polar surface area (TPSA) is 21.3 Å². The number of halogens is 1. The average molecular weight is 256 g/mol. The van der Waals surface area contributed by atoms with Crippen LogP contribution in [0.3, 0.4) is 0 Å². The first-order chi connectivity index (χ1) is 8.31. The van der Waals surface area contributed by atoms with Crippen LogP contribution in [0, 0.1) is 5.92 Å². The molecule has 0 aromatic heterocycles. The number of benzene rings is 1. The molecule has 0 aliphatic rings. The number of nitrogens with one attached hydrogen (secondary N) is 1. The van der Waals surface area contributed by atoms with Crippen molar-refractivity contribution in [1.29, 1.82) is 0 Å². The molecule has 17 heavy (non-hydrogen) atoms. The molecule has 1 unspecified atom stereocenters. The van der Waals surface area contributed by atoms with Gasteiger partial charge in [-0.25, -0.2) is 0 Å². The quantitative estimate of drug-likeness (QED) is 0.719. The van der Waals surface area contributed by atoms with E-state index in [1.54, 1.807) is 7.11 Å². The van der Waals surface area contributed by atoms with E-state index in [0.717, 1.165) is 31.1 Å². The lowest BCUT2D eigenvalue weighted by atomic mass is 10.0. The van der Waals surface area contributed by atoms with Crippen LogP contribution in [0.1, 0.15) is 25.3 Å². The van der Waals surface area contributed by atoms with Gasteiger partial charge in [0, 0.05) is 18.0 Å². The Bertz CT molecular complexity index is 317. The van der Waals surface area contributed by atoms with Gasteiger partial charge in [0.05, 0.1) is 7.11 Å². The molecule has 0 aliphatic carbocycles. The number of para-hydroxylation sites is 1. The summed E-state index contributed by atoms with van der Waals surface area (Å²) in [6.07, 6.45) is 2.25. The summed E-state index contributed by atoms with van der Waals surface area (Å²) in [7, 11) is 1.71. The monoisotopic (exact) mass is 255 g/mol. The summed E-state index contributed by atoms with van der Waals surface area (Å²) < 4.78 is 5.32. The van der Waals surface area contributed by atoms with Crippen molar-refractivity contribution in [2.75, 3.05) is 19.5 Å². The average Bonchev–Trinajstić information content (AvgIpc) is 2.38. The molecule has 0 fully saturated rings. The highest BCUT2D eigenvalue weighted by molar-refractivity contribution is 6.17. The van der Waals surface area contributed by atoms with E-state index in [1.165, 1.54) is 12.0 Å². The number of methoxy groups -OCH3 is 1. The van der Waals surface area contributed by atoms with E-state index >= 15 is 0 Å². The van der Waals surface area contributed by atoms with Gasteiger partial charge in [-0.3, -0.25) is 0 Å². The Hall–Kier alpha value is -0.730. The lowest BCUT2D eigenvalue weighted by Gasteiger charge is -2.15. The molecule has 0 aliphatic heterocycles. The van der Waals surface area contributed by atoms with Gasteiger partial charge in [0.15, 0.2) is 0 Å². The van der Waals surface area contributed by atoms with Crippen LogP contribution in [0.25, 0.3) is 0 Å². The van der Waals surface area contributed by atoms with Crippen LogP contribution >= 0.6 is 11.6 Å². The van der Waals surface area contributed by atoms with Crippen molar-refractivity contribution in [3.8, 4) is 5.75 Å². The van der Waals surface area contributed by atoms with Crippen molar-refractivity contribution in [2.45, 2.75) is 26.3 Å². The summed E-state index contributed by atoms with van der Waals surface area (Å²) in [6, 6.07) is 8.11. The van der Waals surface area contributed by atoms with Gasteiger partial charge in [-0.15, -0.1) is 11.6 Å². The summed E-state index contributed by atoms with van der Waals surface area (Å²) in [6.45, 7) is 4.08. The minimum atomic E-state index is 0.669. The van der Waals surface area contributed by atoms with Gasteiger partial charge in [0.25, 0.3) is 0 Å². The van der Waals surface area contributed by atoms with Crippen molar-refractivity contribution < 1.29 is 4.74 Å². The van der Waals surface area contributed by atoms with Gasteiger partial charge in [0.1, 0.15) is 5.75 Å². The highest BCUT2D eigenvalue weighted by Crippen LogP contribution is 2.17. The van der Waals surface area contributed by atoms with E-state index in [0.29, 0.717) is 5.92 Å². The largest absolute Gasteiger partial charge is 0.496 e. The van der Waals surface area contributed by atoms with E-state index in [-0.39, 0.29) is 0 Å². The van der Waals surface area contributed by atoms with Crippen molar-refractivity contribution in [2.24, 2.45) is 5.92 Å². The molecule has 0 spiro atoms. The van der Waals surface area contributed by atoms with Crippen molar-refractivity contribution in [3.05, 3.63) is 29.8 Å². The van der Waals surface area contributed by atoms with Crippen LogP contribution in [0.5, 0.6) is 5.75 Å². The van der Waals surface area contributed by atoms with E-state index < -0.39 is 0 Å². The summed E-state index contributed by atoms with van der Waals surface area (Å²) in [5.74, 6) is 2.36. The van der Waals surface area contributed by atoms with Crippen LogP contribution in [0.15, 0.2) is 24.3 Å². The summed E-state index contributed by atoms with van der Waals surface area (Å²) >= 11 is 5.77. The molecule has 1 aromatic carbocycles. The number of alkyl halides is 1. The molecule has 0 radical (unpaired) electrons. The molecule has 0 amide bonds. The van der Waals surface area contributed by atoms with E-state index in [4.69, 9.17) is 16.3 Å². The number of rotatable bonds is 8. The standard InChI is InChI=1S/C14H22ClNO/c1-3-12(8-9-15)10-16-11-13-6-4-5-7-14(13)17-2/h4-7,12,16H,3,8-11H2,1-2H3. The maximum atomic E-state index is 5.77.